The second-order valence-electron chi connectivity index (χ2n) is 5.92. The molecule has 2 atom stereocenters. The van der Waals surface area contributed by atoms with E-state index in [1.165, 1.54) is 30.4 Å². The van der Waals surface area contributed by atoms with Crippen molar-refractivity contribution in [3.8, 4) is 0 Å². The Kier molecular flexibility index (Phi) is 5.58. The maximum atomic E-state index is 9.44. The topological polar surface area (TPSA) is 49.5 Å². The molecule has 0 aliphatic heterocycles. The molecule has 1 aliphatic rings. The third kappa shape index (κ3) is 3.22. The van der Waals surface area contributed by atoms with Gasteiger partial charge < -0.3 is 10.8 Å². The zero-order chi connectivity index (χ0) is 14.5. The van der Waals surface area contributed by atoms with Gasteiger partial charge in [0.15, 0.2) is 0 Å². The summed E-state index contributed by atoms with van der Waals surface area (Å²) >= 11 is 0. The van der Waals surface area contributed by atoms with Crippen molar-refractivity contribution in [1.29, 1.82) is 0 Å². The molecule has 0 aromatic heterocycles. The number of benzene rings is 1. The zero-order valence-corrected chi connectivity index (χ0v) is 12.8. The largest absolute Gasteiger partial charge is 0.395 e. The Morgan fingerprint density at radius 1 is 1.35 bits per heavy atom. The summed E-state index contributed by atoms with van der Waals surface area (Å²) in [7, 11) is 0. The van der Waals surface area contributed by atoms with Crippen LogP contribution in [-0.2, 0) is 0 Å². The lowest BCUT2D eigenvalue weighted by atomic mass is 9.85. The predicted octanol–water partition coefficient (Wildman–Crippen LogP) is 2.62. The average Bonchev–Trinajstić information content (AvgIpc) is 2.39. The first kappa shape index (κ1) is 15.5. The van der Waals surface area contributed by atoms with Crippen LogP contribution in [0.25, 0.3) is 0 Å². The van der Waals surface area contributed by atoms with E-state index in [4.69, 9.17) is 5.73 Å². The summed E-state index contributed by atoms with van der Waals surface area (Å²) in [5.74, 6) is 0. The van der Waals surface area contributed by atoms with Crippen LogP contribution in [0.1, 0.15) is 49.8 Å². The number of aryl methyl sites for hydroxylation is 1. The van der Waals surface area contributed by atoms with Crippen LogP contribution in [0.3, 0.4) is 0 Å². The standard InChI is InChI=1S/C17H28N2O/c1-3-16(18)17(15-10-5-4-7-13(15)2)19(11-12-20)14-8-6-9-14/h4-5,7,10,14,16-17,20H,3,6,8-9,11-12,18H2,1-2H3. The summed E-state index contributed by atoms with van der Waals surface area (Å²) < 4.78 is 0. The van der Waals surface area contributed by atoms with E-state index in [2.05, 4.69) is 43.0 Å². The van der Waals surface area contributed by atoms with Gasteiger partial charge >= 0.3 is 0 Å². The number of aliphatic hydroxyl groups excluding tert-OH is 1. The lowest BCUT2D eigenvalue weighted by molar-refractivity contribution is 0.0470. The van der Waals surface area contributed by atoms with Crippen LogP contribution >= 0.6 is 0 Å². The Morgan fingerprint density at radius 2 is 2.05 bits per heavy atom. The smallest absolute Gasteiger partial charge is 0.0558 e. The van der Waals surface area contributed by atoms with Crippen molar-refractivity contribution in [3.63, 3.8) is 0 Å². The summed E-state index contributed by atoms with van der Waals surface area (Å²) in [6.45, 7) is 5.23. The maximum absolute atomic E-state index is 9.44. The van der Waals surface area contributed by atoms with Crippen LogP contribution in [0, 0.1) is 6.92 Å². The molecule has 3 N–H and O–H groups in total. The van der Waals surface area contributed by atoms with Crippen molar-refractivity contribution in [2.24, 2.45) is 5.73 Å². The minimum Gasteiger partial charge on any atom is -0.395 e. The number of hydrogen-bond acceptors (Lipinski definition) is 3. The van der Waals surface area contributed by atoms with E-state index in [1.54, 1.807) is 0 Å². The van der Waals surface area contributed by atoms with E-state index >= 15 is 0 Å². The summed E-state index contributed by atoms with van der Waals surface area (Å²) in [6, 6.07) is 9.44. The van der Waals surface area contributed by atoms with Crippen molar-refractivity contribution in [3.05, 3.63) is 35.4 Å². The van der Waals surface area contributed by atoms with Gasteiger partial charge in [-0.3, -0.25) is 4.90 Å². The maximum Gasteiger partial charge on any atom is 0.0558 e. The molecular weight excluding hydrogens is 248 g/mol. The van der Waals surface area contributed by atoms with Crippen molar-refractivity contribution in [2.45, 2.75) is 57.7 Å². The predicted molar refractivity (Wildman–Crippen MR) is 83.6 cm³/mol. The number of aliphatic hydroxyl groups is 1. The molecule has 3 heteroatoms. The molecule has 20 heavy (non-hydrogen) atoms. The SMILES string of the molecule is CCC(N)C(c1ccccc1C)N(CCO)C1CCC1. The van der Waals surface area contributed by atoms with Gasteiger partial charge in [-0.05, 0) is 37.3 Å². The first-order valence-electron chi connectivity index (χ1n) is 7.86. The Bertz CT molecular complexity index is 417. The van der Waals surface area contributed by atoms with E-state index < -0.39 is 0 Å². The molecule has 2 unspecified atom stereocenters. The van der Waals surface area contributed by atoms with Gasteiger partial charge in [0.05, 0.1) is 12.6 Å². The highest BCUT2D eigenvalue weighted by atomic mass is 16.3. The molecule has 1 aromatic carbocycles. The summed E-state index contributed by atoms with van der Waals surface area (Å²) in [4.78, 5) is 2.44. The minimum absolute atomic E-state index is 0.114. The molecule has 0 saturated heterocycles. The third-order valence-corrected chi connectivity index (χ3v) is 4.64. The molecular formula is C17H28N2O. The molecule has 1 fully saturated rings. The lowest BCUT2D eigenvalue weighted by Crippen LogP contribution is -2.49. The van der Waals surface area contributed by atoms with E-state index in [-0.39, 0.29) is 18.7 Å². The Labute approximate surface area is 122 Å². The van der Waals surface area contributed by atoms with Gasteiger partial charge in [0, 0.05) is 18.6 Å². The molecule has 0 heterocycles. The quantitative estimate of drug-likeness (QED) is 0.805. The first-order valence-corrected chi connectivity index (χ1v) is 7.86. The van der Waals surface area contributed by atoms with Crippen LogP contribution in [-0.4, -0.2) is 35.2 Å². The van der Waals surface area contributed by atoms with Gasteiger partial charge in [-0.1, -0.05) is 37.6 Å². The van der Waals surface area contributed by atoms with Crippen molar-refractivity contribution in [2.75, 3.05) is 13.2 Å². The molecule has 112 valence electrons. The highest BCUT2D eigenvalue weighted by Crippen LogP contribution is 2.35. The van der Waals surface area contributed by atoms with E-state index in [0.717, 1.165) is 13.0 Å². The first-order chi connectivity index (χ1) is 9.69. The number of nitrogens with two attached hydrogens (primary N) is 1. The van der Waals surface area contributed by atoms with Gasteiger partial charge in [0.2, 0.25) is 0 Å². The Balaban J connectivity index is 2.32. The fourth-order valence-electron chi connectivity index (χ4n) is 3.18. The van der Waals surface area contributed by atoms with E-state index in [9.17, 15) is 5.11 Å². The highest BCUT2D eigenvalue weighted by Gasteiger charge is 2.34. The third-order valence-electron chi connectivity index (χ3n) is 4.64. The van der Waals surface area contributed by atoms with Crippen molar-refractivity contribution in [1.82, 2.24) is 4.90 Å². The Hall–Kier alpha value is -0.900. The normalized spacial score (nSPS) is 18.9. The van der Waals surface area contributed by atoms with Gasteiger partial charge in [-0.15, -0.1) is 0 Å². The van der Waals surface area contributed by atoms with Gasteiger partial charge in [-0.2, -0.15) is 0 Å². The van der Waals surface area contributed by atoms with Crippen LogP contribution in [0.4, 0.5) is 0 Å². The molecule has 1 aromatic rings. The molecule has 0 bridgehead atoms. The number of nitrogens with zero attached hydrogens (tertiary/aromatic N) is 1. The van der Waals surface area contributed by atoms with Crippen LogP contribution in [0.15, 0.2) is 24.3 Å². The fraction of sp³-hybridized carbons (Fsp3) is 0.647. The number of rotatable bonds is 7. The molecule has 1 aliphatic carbocycles. The van der Waals surface area contributed by atoms with E-state index in [1.807, 2.05) is 0 Å². The second-order valence-corrected chi connectivity index (χ2v) is 5.92. The van der Waals surface area contributed by atoms with Crippen LogP contribution in [0.5, 0.6) is 0 Å². The summed E-state index contributed by atoms with van der Waals surface area (Å²) in [5, 5.41) is 9.44. The van der Waals surface area contributed by atoms with Crippen LogP contribution < -0.4 is 5.73 Å². The minimum atomic E-state index is 0.114. The Morgan fingerprint density at radius 3 is 2.55 bits per heavy atom. The van der Waals surface area contributed by atoms with Crippen LogP contribution in [0.2, 0.25) is 0 Å². The number of hydrogen-bond donors (Lipinski definition) is 2. The molecule has 3 nitrogen and oxygen atoms in total. The zero-order valence-electron chi connectivity index (χ0n) is 12.8. The summed E-state index contributed by atoms with van der Waals surface area (Å²) in [5.41, 5.74) is 9.06. The molecule has 0 spiro atoms. The van der Waals surface area contributed by atoms with E-state index in [0.29, 0.717) is 6.04 Å². The van der Waals surface area contributed by atoms with Gasteiger partial charge in [-0.25, -0.2) is 0 Å². The molecule has 0 radical (unpaired) electrons. The van der Waals surface area contributed by atoms with Gasteiger partial charge in [0.1, 0.15) is 0 Å². The highest BCUT2D eigenvalue weighted by molar-refractivity contribution is 5.30. The van der Waals surface area contributed by atoms with Crippen molar-refractivity contribution < 1.29 is 5.11 Å². The molecule has 2 rings (SSSR count). The average molecular weight is 276 g/mol. The van der Waals surface area contributed by atoms with Crippen molar-refractivity contribution >= 4 is 0 Å². The molecule has 1 saturated carbocycles. The monoisotopic (exact) mass is 276 g/mol. The second kappa shape index (κ2) is 7.21. The fourth-order valence-corrected chi connectivity index (χ4v) is 3.18. The molecule has 0 amide bonds. The van der Waals surface area contributed by atoms with Gasteiger partial charge in [0.25, 0.3) is 0 Å². The lowest BCUT2D eigenvalue weighted by Gasteiger charge is -2.45. The summed E-state index contributed by atoms with van der Waals surface area (Å²) in [6.07, 6.45) is 4.72.